The Hall–Kier alpha value is -2.38. The topological polar surface area (TPSA) is 71.9 Å². The van der Waals surface area contributed by atoms with Crippen LogP contribution in [-0.2, 0) is 0 Å². The Morgan fingerprint density at radius 1 is 1.33 bits per heavy atom. The van der Waals surface area contributed by atoms with Gasteiger partial charge in [0.1, 0.15) is 17.4 Å². The highest BCUT2D eigenvalue weighted by molar-refractivity contribution is 5.41. The zero-order valence-electron chi connectivity index (χ0n) is 10.00. The molecule has 90 valence electrons. The summed E-state index contributed by atoms with van der Waals surface area (Å²) < 4.78 is 5.60. The average Bonchev–Trinajstić information content (AvgIpc) is 2.39. The van der Waals surface area contributed by atoms with E-state index in [-0.39, 0.29) is 6.04 Å². The highest BCUT2D eigenvalue weighted by Crippen LogP contribution is 2.24. The fraction of sp³-hybridized carbons (Fsp3) is 0.143. The van der Waals surface area contributed by atoms with E-state index in [4.69, 9.17) is 15.7 Å². The van der Waals surface area contributed by atoms with Crippen LogP contribution in [0.5, 0.6) is 11.6 Å². The summed E-state index contributed by atoms with van der Waals surface area (Å²) in [6.07, 6.45) is 1.59. The molecule has 4 heteroatoms. The van der Waals surface area contributed by atoms with Gasteiger partial charge in [-0.2, -0.15) is 5.26 Å². The first-order chi connectivity index (χ1) is 8.70. The Balaban J connectivity index is 2.29. The van der Waals surface area contributed by atoms with Gasteiger partial charge in [0.25, 0.3) is 0 Å². The molecule has 0 fully saturated rings. The molecule has 0 spiro atoms. The molecule has 1 atom stereocenters. The first-order valence-corrected chi connectivity index (χ1v) is 5.59. The number of aromatic nitrogens is 1. The fourth-order valence-corrected chi connectivity index (χ4v) is 1.53. The van der Waals surface area contributed by atoms with E-state index in [0.717, 1.165) is 5.56 Å². The van der Waals surface area contributed by atoms with Gasteiger partial charge in [-0.15, -0.1) is 0 Å². The molecular formula is C14H13N3O. The lowest BCUT2D eigenvalue weighted by Crippen LogP contribution is -2.04. The molecule has 1 heterocycles. The predicted octanol–water partition coefficient (Wildman–Crippen LogP) is 2.77. The van der Waals surface area contributed by atoms with Crippen molar-refractivity contribution < 1.29 is 4.74 Å². The highest BCUT2D eigenvalue weighted by atomic mass is 16.5. The van der Waals surface area contributed by atoms with Crippen molar-refractivity contribution in [3.63, 3.8) is 0 Å². The minimum atomic E-state index is -0.0623. The van der Waals surface area contributed by atoms with E-state index in [1.54, 1.807) is 18.3 Å². The lowest BCUT2D eigenvalue weighted by molar-refractivity contribution is 0.460. The summed E-state index contributed by atoms with van der Waals surface area (Å²) in [5.74, 6) is 0.932. The molecule has 0 bridgehead atoms. The monoisotopic (exact) mass is 239 g/mol. The van der Waals surface area contributed by atoms with Gasteiger partial charge in [-0.25, -0.2) is 4.98 Å². The smallest absolute Gasteiger partial charge is 0.237 e. The molecule has 0 aliphatic heterocycles. The number of ether oxygens (including phenoxy) is 1. The van der Waals surface area contributed by atoms with E-state index >= 15 is 0 Å². The molecule has 0 amide bonds. The summed E-state index contributed by atoms with van der Waals surface area (Å²) >= 11 is 0. The molecule has 1 unspecified atom stereocenters. The summed E-state index contributed by atoms with van der Waals surface area (Å²) in [5.41, 5.74) is 7.19. The maximum absolute atomic E-state index is 8.95. The lowest BCUT2D eigenvalue weighted by atomic mass is 10.1. The normalized spacial score (nSPS) is 11.6. The third kappa shape index (κ3) is 2.65. The zero-order valence-corrected chi connectivity index (χ0v) is 10.00. The van der Waals surface area contributed by atoms with Gasteiger partial charge in [0.15, 0.2) is 0 Å². The van der Waals surface area contributed by atoms with Crippen LogP contribution >= 0.6 is 0 Å². The largest absolute Gasteiger partial charge is 0.438 e. The number of nitrogens with two attached hydrogens (primary N) is 1. The molecule has 4 nitrogen and oxygen atoms in total. The van der Waals surface area contributed by atoms with E-state index < -0.39 is 0 Å². The number of hydrogen-bond acceptors (Lipinski definition) is 4. The summed E-state index contributed by atoms with van der Waals surface area (Å²) in [4.78, 5) is 4.04. The second kappa shape index (κ2) is 5.30. The van der Waals surface area contributed by atoms with Crippen molar-refractivity contribution in [2.45, 2.75) is 13.0 Å². The average molecular weight is 239 g/mol. The second-order valence-corrected chi connectivity index (χ2v) is 3.93. The number of nitrogens with zero attached hydrogens (tertiary/aromatic N) is 2. The van der Waals surface area contributed by atoms with Gasteiger partial charge in [-0.1, -0.05) is 12.1 Å². The van der Waals surface area contributed by atoms with Crippen molar-refractivity contribution in [3.8, 4) is 17.7 Å². The molecule has 0 saturated carbocycles. The molecule has 1 aromatic carbocycles. The number of benzene rings is 1. The van der Waals surface area contributed by atoms with Crippen LogP contribution in [0.4, 0.5) is 0 Å². The maximum Gasteiger partial charge on any atom is 0.237 e. The Morgan fingerprint density at radius 2 is 2.17 bits per heavy atom. The molecular weight excluding hydrogens is 226 g/mol. The molecule has 2 rings (SSSR count). The number of rotatable bonds is 3. The standard InChI is InChI=1S/C14H13N3O/c1-10(16)11-4-2-6-13(8-11)18-14-12(9-15)5-3-7-17-14/h2-8,10H,16H2,1H3. The first kappa shape index (κ1) is 12.1. The van der Waals surface area contributed by atoms with Crippen molar-refractivity contribution in [1.82, 2.24) is 4.98 Å². The number of hydrogen-bond donors (Lipinski definition) is 1. The highest BCUT2D eigenvalue weighted by Gasteiger charge is 2.06. The third-order valence-corrected chi connectivity index (χ3v) is 2.49. The van der Waals surface area contributed by atoms with Gasteiger partial charge in [0.05, 0.1) is 0 Å². The van der Waals surface area contributed by atoms with Crippen LogP contribution in [0.1, 0.15) is 24.1 Å². The Labute approximate surface area is 106 Å². The van der Waals surface area contributed by atoms with Gasteiger partial charge in [-0.05, 0) is 36.8 Å². The molecule has 0 aliphatic rings. The van der Waals surface area contributed by atoms with Crippen molar-refractivity contribution in [1.29, 1.82) is 5.26 Å². The molecule has 2 aromatic rings. The molecule has 0 aliphatic carbocycles. The van der Waals surface area contributed by atoms with Crippen LogP contribution in [0, 0.1) is 11.3 Å². The quantitative estimate of drug-likeness (QED) is 0.893. The van der Waals surface area contributed by atoms with E-state index in [1.165, 1.54) is 0 Å². The summed E-state index contributed by atoms with van der Waals surface area (Å²) in [7, 11) is 0. The molecule has 0 saturated heterocycles. The van der Waals surface area contributed by atoms with Crippen molar-refractivity contribution in [3.05, 3.63) is 53.7 Å². The zero-order chi connectivity index (χ0) is 13.0. The molecule has 2 N–H and O–H groups in total. The van der Waals surface area contributed by atoms with Crippen LogP contribution in [0.2, 0.25) is 0 Å². The van der Waals surface area contributed by atoms with Crippen LogP contribution in [0.25, 0.3) is 0 Å². The summed E-state index contributed by atoms with van der Waals surface area (Å²) in [6, 6.07) is 12.8. The van der Waals surface area contributed by atoms with Crippen LogP contribution in [0.15, 0.2) is 42.6 Å². The number of nitriles is 1. The summed E-state index contributed by atoms with van der Waals surface area (Å²) in [5, 5.41) is 8.95. The van der Waals surface area contributed by atoms with Gasteiger partial charge >= 0.3 is 0 Å². The Bertz CT molecular complexity index is 588. The third-order valence-electron chi connectivity index (χ3n) is 2.49. The minimum Gasteiger partial charge on any atom is -0.438 e. The SMILES string of the molecule is CC(N)c1cccc(Oc2ncccc2C#N)c1. The van der Waals surface area contributed by atoms with E-state index in [0.29, 0.717) is 17.2 Å². The molecule has 0 radical (unpaired) electrons. The molecule has 1 aromatic heterocycles. The van der Waals surface area contributed by atoms with E-state index in [2.05, 4.69) is 4.98 Å². The fourth-order valence-electron chi connectivity index (χ4n) is 1.53. The van der Waals surface area contributed by atoms with E-state index in [9.17, 15) is 0 Å². The Morgan fingerprint density at radius 3 is 2.89 bits per heavy atom. The van der Waals surface area contributed by atoms with Gasteiger partial charge in [0.2, 0.25) is 5.88 Å². The van der Waals surface area contributed by atoms with Crippen LogP contribution in [-0.4, -0.2) is 4.98 Å². The summed E-state index contributed by atoms with van der Waals surface area (Å²) in [6.45, 7) is 1.90. The Kier molecular flexibility index (Phi) is 3.56. The maximum atomic E-state index is 8.95. The van der Waals surface area contributed by atoms with Gasteiger partial charge in [-0.3, -0.25) is 0 Å². The second-order valence-electron chi connectivity index (χ2n) is 3.93. The van der Waals surface area contributed by atoms with E-state index in [1.807, 2.05) is 37.3 Å². The van der Waals surface area contributed by atoms with Crippen molar-refractivity contribution in [2.75, 3.05) is 0 Å². The van der Waals surface area contributed by atoms with Crippen LogP contribution < -0.4 is 10.5 Å². The van der Waals surface area contributed by atoms with Crippen molar-refractivity contribution in [2.24, 2.45) is 5.73 Å². The minimum absolute atomic E-state index is 0.0623. The van der Waals surface area contributed by atoms with Gasteiger partial charge in [0, 0.05) is 12.2 Å². The van der Waals surface area contributed by atoms with Crippen LogP contribution in [0.3, 0.4) is 0 Å². The first-order valence-electron chi connectivity index (χ1n) is 5.59. The van der Waals surface area contributed by atoms with Gasteiger partial charge < -0.3 is 10.5 Å². The predicted molar refractivity (Wildman–Crippen MR) is 68.1 cm³/mol. The van der Waals surface area contributed by atoms with Crippen molar-refractivity contribution >= 4 is 0 Å². The number of pyridine rings is 1. The lowest BCUT2D eigenvalue weighted by Gasteiger charge is -2.09. The molecule has 18 heavy (non-hydrogen) atoms.